The Labute approximate surface area is 145 Å². The van der Waals surface area contributed by atoms with Gasteiger partial charge in [-0.05, 0) is 46.3 Å². The number of para-hydroxylation sites is 2. The second kappa shape index (κ2) is 7.22. The zero-order valence-electron chi connectivity index (χ0n) is 12.3. The number of amides is 2. The van der Waals surface area contributed by atoms with Crippen LogP contribution in [-0.4, -0.2) is 24.5 Å². The molecule has 0 spiro atoms. The summed E-state index contributed by atoms with van der Waals surface area (Å²) in [6.45, 7) is 0.0645. The number of ether oxygens (including phenoxy) is 2. The molecule has 1 unspecified atom stereocenters. The summed E-state index contributed by atoms with van der Waals surface area (Å²) >= 11 is 3.16. The number of carbonyl (C=O) groups is 2. The number of benzene rings is 1. The highest BCUT2D eigenvalue weighted by Gasteiger charge is 2.27. The molecule has 24 heavy (non-hydrogen) atoms. The third-order valence-corrected chi connectivity index (χ3v) is 3.53. The van der Waals surface area contributed by atoms with Gasteiger partial charge in [0.15, 0.2) is 16.2 Å². The maximum Gasteiger partial charge on any atom is 0.283 e. The van der Waals surface area contributed by atoms with Crippen molar-refractivity contribution in [3.8, 4) is 11.5 Å². The van der Waals surface area contributed by atoms with Crippen LogP contribution in [0.4, 0.5) is 0 Å². The molecular formula is C16H13BrN2O5. The Morgan fingerprint density at radius 3 is 2.67 bits per heavy atom. The first kappa shape index (κ1) is 16.1. The number of hydrogen-bond acceptors (Lipinski definition) is 5. The van der Waals surface area contributed by atoms with Crippen LogP contribution in [0.25, 0.3) is 6.08 Å². The lowest BCUT2D eigenvalue weighted by Gasteiger charge is -2.25. The highest BCUT2D eigenvalue weighted by Crippen LogP contribution is 2.30. The van der Waals surface area contributed by atoms with Gasteiger partial charge < -0.3 is 13.9 Å². The van der Waals surface area contributed by atoms with Gasteiger partial charge in [-0.15, -0.1) is 0 Å². The van der Waals surface area contributed by atoms with Gasteiger partial charge in [0, 0.05) is 6.08 Å². The molecule has 1 aromatic heterocycles. The molecule has 2 amide bonds. The van der Waals surface area contributed by atoms with E-state index in [9.17, 15) is 9.59 Å². The number of halogens is 1. The molecule has 0 saturated carbocycles. The minimum Gasteiger partial charge on any atom is -0.485 e. The van der Waals surface area contributed by atoms with Crippen LogP contribution in [0.2, 0.25) is 0 Å². The first-order valence-electron chi connectivity index (χ1n) is 7.03. The van der Waals surface area contributed by atoms with Crippen LogP contribution in [0.15, 0.2) is 51.6 Å². The average Bonchev–Trinajstić information content (AvgIpc) is 3.02. The Morgan fingerprint density at radius 2 is 1.92 bits per heavy atom. The Balaban J connectivity index is 1.49. The van der Waals surface area contributed by atoms with Crippen molar-refractivity contribution in [3.63, 3.8) is 0 Å². The van der Waals surface area contributed by atoms with Crippen molar-refractivity contribution < 1.29 is 23.5 Å². The summed E-state index contributed by atoms with van der Waals surface area (Å²) in [5, 5.41) is 0. The fraction of sp³-hybridized carbons (Fsp3) is 0.125. The number of carbonyl (C=O) groups excluding carboxylic acids is 2. The molecule has 3 rings (SSSR count). The molecular weight excluding hydrogens is 380 g/mol. The zero-order chi connectivity index (χ0) is 16.9. The van der Waals surface area contributed by atoms with Gasteiger partial charge in [-0.2, -0.15) is 0 Å². The van der Waals surface area contributed by atoms with E-state index >= 15 is 0 Å². The first-order valence-corrected chi connectivity index (χ1v) is 7.83. The molecule has 2 N–H and O–H groups in total. The average molecular weight is 393 g/mol. The van der Waals surface area contributed by atoms with Gasteiger partial charge in [0.1, 0.15) is 12.4 Å². The number of hydrogen-bond donors (Lipinski definition) is 2. The quantitative estimate of drug-likeness (QED) is 0.616. The maximum atomic E-state index is 12.0. The lowest BCUT2D eigenvalue weighted by molar-refractivity contribution is -0.134. The van der Waals surface area contributed by atoms with E-state index in [1.165, 1.54) is 12.2 Å². The Morgan fingerprint density at radius 1 is 1.12 bits per heavy atom. The van der Waals surface area contributed by atoms with Crippen molar-refractivity contribution in [3.05, 3.63) is 52.9 Å². The third-order valence-electron chi connectivity index (χ3n) is 3.10. The molecule has 0 radical (unpaired) electrons. The first-order chi connectivity index (χ1) is 11.6. The van der Waals surface area contributed by atoms with Crippen molar-refractivity contribution in [1.82, 2.24) is 10.9 Å². The van der Waals surface area contributed by atoms with Gasteiger partial charge in [-0.25, -0.2) is 0 Å². The SMILES string of the molecule is O=C(/C=C/c1ccc(Br)o1)NNC(=O)C1COc2ccccc2O1. The molecule has 124 valence electrons. The van der Waals surface area contributed by atoms with E-state index in [4.69, 9.17) is 13.9 Å². The molecule has 8 heteroatoms. The summed E-state index contributed by atoms with van der Waals surface area (Å²) in [5.41, 5.74) is 4.56. The Hall–Kier alpha value is -2.74. The minimum atomic E-state index is -0.842. The predicted octanol–water partition coefficient (Wildman–Crippen LogP) is 2.04. The van der Waals surface area contributed by atoms with Crippen LogP contribution in [0.5, 0.6) is 11.5 Å². The molecule has 1 aliphatic heterocycles. The largest absolute Gasteiger partial charge is 0.485 e. The smallest absolute Gasteiger partial charge is 0.283 e. The maximum absolute atomic E-state index is 12.0. The van der Waals surface area contributed by atoms with E-state index < -0.39 is 17.9 Å². The summed E-state index contributed by atoms with van der Waals surface area (Å²) in [5.74, 6) is 0.556. The van der Waals surface area contributed by atoms with E-state index in [0.29, 0.717) is 21.9 Å². The van der Waals surface area contributed by atoms with Crippen molar-refractivity contribution in [2.75, 3.05) is 6.61 Å². The van der Waals surface area contributed by atoms with Crippen molar-refractivity contribution in [2.45, 2.75) is 6.10 Å². The van der Waals surface area contributed by atoms with Crippen molar-refractivity contribution in [1.29, 1.82) is 0 Å². The van der Waals surface area contributed by atoms with Crippen LogP contribution in [0, 0.1) is 0 Å². The fourth-order valence-electron chi connectivity index (χ4n) is 1.97. The van der Waals surface area contributed by atoms with Gasteiger partial charge in [0.25, 0.3) is 11.8 Å². The van der Waals surface area contributed by atoms with Crippen molar-refractivity contribution >= 4 is 33.8 Å². The standard InChI is InChI=1S/C16H13BrN2O5/c17-14-7-5-10(23-14)6-8-15(20)18-19-16(21)13-9-22-11-3-1-2-4-12(11)24-13/h1-8,13H,9H2,(H,18,20)(H,19,21)/b8-6+. The van der Waals surface area contributed by atoms with Gasteiger partial charge >= 0.3 is 0 Å². The monoisotopic (exact) mass is 392 g/mol. The molecule has 2 heterocycles. The molecule has 7 nitrogen and oxygen atoms in total. The Bertz CT molecular complexity index is 786. The van der Waals surface area contributed by atoms with Crippen LogP contribution in [-0.2, 0) is 9.59 Å². The van der Waals surface area contributed by atoms with E-state index in [0.717, 1.165) is 0 Å². The lowest BCUT2D eigenvalue weighted by Crippen LogP contribution is -2.50. The summed E-state index contributed by atoms with van der Waals surface area (Å²) in [6.07, 6.45) is 1.87. The van der Waals surface area contributed by atoms with E-state index in [1.54, 1.807) is 30.3 Å². The highest BCUT2D eigenvalue weighted by atomic mass is 79.9. The van der Waals surface area contributed by atoms with Crippen LogP contribution < -0.4 is 20.3 Å². The molecule has 2 aromatic rings. The van der Waals surface area contributed by atoms with Crippen molar-refractivity contribution in [2.24, 2.45) is 0 Å². The molecule has 0 aliphatic carbocycles. The third kappa shape index (κ3) is 3.96. The topological polar surface area (TPSA) is 89.8 Å². The van der Waals surface area contributed by atoms with Crippen LogP contribution in [0.1, 0.15) is 5.76 Å². The lowest BCUT2D eigenvalue weighted by atomic mass is 10.2. The second-order valence-electron chi connectivity index (χ2n) is 4.82. The summed E-state index contributed by atoms with van der Waals surface area (Å²) < 4.78 is 16.7. The fourth-order valence-corrected chi connectivity index (χ4v) is 2.29. The van der Waals surface area contributed by atoms with Gasteiger partial charge in [-0.1, -0.05) is 12.1 Å². The predicted molar refractivity (Wildman–Crippen MR) is 88.1 cm³/mol. The minimum absolute atomic E-state index is 0.0645. The van der Waals surface area contributed by atoms with E-state index in [-0.39, 0.29) is 6.61 Å². The van der Waals surface area contributed by atoms with Crippen LogP contribution in [0.3, 0.4) is 0 Å². The second-order valence-corrected chi connectivity index (χ2v) is 5.60. The molecule has 0 fully saturated rings. The zero-order valence-corrected chi connectivity index (χ0v) is 13.9. The number of rotatable bonds is 3. The van der Waals surface area contributed by atoms with E-state index in [2.05, 4.69) is 26.8 Å². The van der Waals surface area contributed by atoms with Gasteiger partial charge in [-0.3, -0.25) is 20.4 Å². The molecule has 1 aromatic carbocycles. The highest BCUT2D eigenvalue weighted by molar-refractivity contribution is 9.10. The van der Waals surface area contributed by atoms with Crippen LogP contribution >= 0.6 is 15.9 Å². The molecule has 0 saturated heterocycles. The van der Waals surface area contributed by atoms with Gasteiger partial charge in [0.2, 0.25) is 6.10 Å². The molecule has 1 atom stereocenters. The number of fused-ring (bicyclic) bond motifs is 1. The molecule has 1 aliphatic rings. The molecule has 0 bridgehead atoms. The summed E-state index contributed by atoms with van der Waals surface area (Å²) in [6, 6.07) is 10.4. The van der Waals surface area contributed by atoms with E-state index in [1.807, 2.05) is 6.07 Å². The number of furan rings is 1. The Kier molecular flexibility index (Phi) is 4.85. The normalized spacial score (nSPS) is 16.0. The summed E-state index contributed by atoms with van der Waals surface area (Å²) in [7, 11) is 0. The number of nitrogens with one attached hydrogen (secondary N) is 2. The number of hydrazine groups is 1. The summed E-state index contributed by atoms with van der Waals surface area (Å²) in [4.78, 5) is 23.7. The van der Waals surface area contributed by atoms with Gasteiger partial charge in [0.05, 0.1) is 0 Å².